The minimum Gasteiger partial charge on any atom is -0.343 e. The van der Waals surface area contributed by atoms with E-state index in [4.69, 9.17) is 0 Å². The summed E-state index contributed by atoms with van der Waals surface area (Å²) < 4.78 is 0. The van der Waals surface area contributed by atoms with Gasteiger partial charge in [-0.05, 0) is 32.7 Å². The highest BCUT2D eigenvalue weighted by atomic mass is 16.2. The summed E-state index contributed by atoms with van der Waals surface area (Å²) in [6.45, 7) is 7.38. The number of carbonyl (C=O) groups is 2. The number of piperidine rings is 1. The Bertz CT molecular complexity index is 319. The van der Waals surface area contributed by atoms with Crippen molar-refractivity contribution in [2.75, 3.05) is 33.2 Å². The van der Waals surface area contributed by atoms with Gasteiger partial charge in [0.05, 0.1) is 0 Å². The molecule has 0 aliphatic carbocycles. The third-order valence-electron chi connectivity index (χ3n) is 4.15. The fourth-order valence-corrected chi connectivity index (χ4v) is 2.85. The molecule has 2 amide bonds. The van der Waals surface area contributed by atoms with Crippen molar-refractivity contribution in [2.45, 2.75) is 58.4 Å². The van der Waals surface area contributed by atoms with E-state index in [1.165, 1.54) is 0 Å². The molecule has 1 rings (SSSR count). The largest absolute Gasteiger partial charge is 0.343 e. The molecule has 1 fully saturated rings. The Hall–Kier alpha value is -1.10. The molecule has 0 bridgehead atoms. The Kier molecular flexibility index (Phi) is 8.35. The number of nitrogens with zero attached hydrogens (tertiary/aromatic N) is 2. The van der Waals surface area contributed by atoms with Crippen LogP contribution in [0, 0.1) is 0 Å². The highest BCUT2D eigenvalue weighted by Crippen LogP contribution is 2.12. The first kappa shape index (κ1) is 18.0. The van der Waals surface area contributed by atoms with Crippen LogP contribution in [-0.4, -0.2) is 60.9 Å². The van der Waals surface area contributed by atoms with Crippen molar-refractivity contribution in [3.05, 3.63) is 0 Å². The van der Waals surface area contributed by atoms with Crippen LogP contribution in [0.15, 0.2) is 0 Å². The van der Waals surface area contributed by atoms with Crippen LogP contribution in [0.4, 0.5) is 0 Å². The SMILES string of the molecule is CCCN(CCC)C(=O)CCC(=O)N1CCC(NC)CC1. The molecule has 1 aliphatic heterocycles. The third-order valence-corrected chi connectivity index (χ3v) is 4.15. The first-order valence-electron chi connectivity index (χ1n) is 8.35. The molecule has 5 heteroatoms. The predicted molar refractivity (Wildman–Crippen MR) is 85.1 cm³/mol. The molecule has 0 aromatic carbocycles. The van der Waals surface area contributed by atoms with E-state index < -0.39 is 0 Å². The average Bonchev–Trinajstić information content (AvgIpc) is 2.52. The van der Waals surface area contributed by atoms with Gasteiger partial charge in [-0.3, -0.25) is 9.59 Å². The molecule has 0 aromatic heterocycles. The zero-order chi connectivity index (χ0) is 15.7. The van der Waals surface area contributed by atoms with Crippen molar-refractivity contribution in [2.24, 2.45) is 0 Å². The maximum absolute atomic E-state index is 12.2. The zero-order valence-electron chi connectivity index (χ0n) is 13.9. The van der Waals surface area contributed by atoms with Gasteiger partial charge in [-0.25, -0.2) is 0 Å². The summed E-state index contributed by atoms with van der Waals surface area (Å²) in [7, 11) is 1.97. The fraction of sp³-hybridized carbons (Fsp3) is 0.875. The second-order valence-electron chi connectivity index (χ2n) is 5.82. The quantitative estimate of drug-likeness (QED) is 0.741. The molecule has 1 N–H and O–H groups in total. The van der Waals surface area contributed by atoms with E-state index in [1.807, 2.05) is 16.8 Å². The highest BCUT2D eigenvalue weighted by molar-refractivity contribution is 5.83. The number of amides is 2. The molecular formula is C16H31N3O2. The van der Waals surface area contributed by atoms with Crippen LogP contribution in [-0.2, 0) is 9.59 Å². The van der Waals surface area contributed by atoms with Crippen molar-refractivity contribution in [3.8, 4) is 0 Å². The van der Waals surface area contributed by atoms with Gasteiger partial charge in [0.25, 0.3) is 0 Å². The van der Waals surface area contributed by atoms with Crippen molar-refractivity contribution < 1.29 is 9.59 Å². The van der Waals surface area contributed by atoms with Crippen LogP contribution in [0.2, 0.25) is 0 Å². The number of carbonyl (C=O) groups excluding carboxylic acids is 2. The summed E-state index contributed by atoms with van der Waals surface area (Å²) in [5.74, 6) is 0.253. The molecule has 0 atom stereocenters. The zero-order valence-corrected chi connectivity index (χ0v) is 13.9. The van der Waals surface area contributed by atoms with Gasteiger partial charge in [-0.1, -0.05) is 13.8 Å². The number of nitrogens with one attached hydrogen (secondary N) is 1. The van der Waals surface area contributed by atoms with Crippen LogP contribution in [0.5, 0.6) is 0 Å². The lowest BCUT2D eigenvalue weighted by atomic mass is 10.0. The molecule has 0 unspecified atom stereocenters. The van der Waals surface area contributed by atoms with Crippen LogP contribution in [0.1, 0.15) is 52.4 Å². The lowest BCUT2D eigenvalue weighted by Gasteiger charge is -2.32. The van der Waals surface area contributed by atoms with Gasteiger partial charge in [0.1, 0.15) is 0 Å². The van der Waals surface area contributed by atoms with E-state index >= 15 is 0 Å². The van der Waals surface area contributed by atoms with Gasteiger partial charge in [-0.2, -0.15) is 0 Å². The van der Waals surface area contributed by atoms with Crippen LogP contribution >= 0.6 is 0 Å². The molecule has 1 aliphatic rings. The number of hydrogen-bond acceptors (Lipinski definition) is 3. The summed E-state index contributed by atoms with van der Waals surface area (Å²) in [4.78, 5) is 28.1. The summed E-state index contributed by atoms with van der Waals surface area (Å²) in [5.41, 5.74) is 0. The number of rotatable bonds is 8. The van der Waals surface area contributed by atoms with Crippen molar-refractivity contribution >= 4 is 11.8 Å². The molecule has 0 spiro atoms. The first-order valence-corrected chi connectivity index (χ1v) is 8.35. The molecule has 5 nitrogen and oxygen atoms in total. The van der Waals surface area contributed by atoms with E-state index in [1.54, 1.807) is 0 Å². The van der Waals surface area contributed by atoms with Gasteiger partial charge < -0.3 is 15.1 Å². The average molecular weight is 297 g/mol. The standard InChI is InChI=1S/C16H31N3O2/c1-4-10-18(11-5-2)15(20)6-7-16(21)19-12-8-14(17-3)9-13-19/h14,17H,4-13H2,1-3H3. The Morgan fingerprint density at radius 2 is 1.67 bits per heavy atom. The lowest BCUT2D eigenvalue weighted by molar-refractivity contribution is -0.137. The Balaban J connectivity index is 2.33. The molecule has 21 heavy (non-hydrogen) atoms. The Morgan fingerprint density at radius 1 is 1.10 bits per heavy atom. The summed E-state index contributed by atoms with van der Waals surface area (Å²) in [6.07, 6.45) is 4.66. The van der Waals surface area contributed by atoms with E-state index in [2.05, 4.69) is 19.2 Å². The van der Waals surface area contributed by atoms with E-state index in [-0.39, 0.29) is 11.8 Å². The summed E-state index contributed by atoms with van der Waals surface area (Å²) >= 11 is 0. The maximum Gasteiger partial charge on any atom is 0.223 e. The Morgan fingerprint density at radius 3 is 2.14 bits per heavy atom. The van der Waals surface area contributed by atoms with Crippen LogP contribution in [0.25, 0.3) is 0 Å². The minimum absolute atomic E-state index is 0.122. The predicted octanol–water partition coefficient (Wildman–Crippen LogP) is 1.63. The second kappa shape index (κ2) is 9.77. The summed E-state index contributed by atoms with van der Waals surface area (Å²) in [5, 5.41) is 3.26. The topological polar surface area (TPSA) is 52.7 Å². The van der Waals surface area contributed by atoms with Crippen molar-refractivity contribution in [1.29, 1.82) is 0 Å². The molecule has 0 saturated carbocycles. The second-order valence-corrected chi connectivity index (χ2v) is 5.82. The molecule has 0 radical (unpaired) electrons. The van der Waals surface area contributed by atoms with Crippen molar-refractivity contribution in [1.82, 2.24) is 15.1 Å². The lowest BCUT2D eigenvalue weighted by Crippen LogP contribution is -2.44. The van der Waals surface area contributed by atoms with E-state index in [9.17, 15) is 9.59 Å². The van der Waals surface area contributed by atoms with Gasteiger partial charge in [-0.15, -0.1) is 0 Å². The molecule has 1 heterocycles. The highest BCUT2D eigenvalue weighted by Gasteiger charge is 2.22. The van der Waals surface area contributed by atoms with Gasteiger partial charge >= 0.3 is 0 Å². The maximum atomic E-state index is 12.2. The van der Waals surface area contributed by atoms with E-state index in [0.717, 1.165) is 51.9 Å². The van der Waals surface area contributed by atoms with Gasteiger partial charge in [0.2, 0.25) is 11.8 Å². The van der Waals surface area contributed by atoms with E-state index in [0.29, 0.717) is 18.9 Å². The van der Waals surface area contributed by atoms with Gasteiger partial charge in [0, 0.05) is 45.1 Å². The van der Waals surface area contributed by atoms with Crippen LogP contribution in [0.3, 0.4) is 0 Å². The monoisotopic (exact) mass is 297 g/mol. The normalized spacial score (nSPS) is 16.0. The number of hydrogen-bond donors (Lipinski definition) is 1. The number of likely N-dealkylation sites (tertiary alicyclic amines) is 1. The summed E-state index contributed by atoms with van der Waals surface area (Å²) in [6, 6.07) is 0.528. The molecule has 0 aromatic rings. The van der Waals surface area contributed by atoms with Crippen molar-refractivity contribution in [3.63, 3.8) is 0 Å². The molecular weight excluding hydrogens is 266 g/mol. The molecule has 1 saturated heterocycles. The van der Waals surface area contributed by atoms with Crippen LogP contribution < -0.4 is 5.32 Å². The first-order chi connectivity index (χ1) is 10.1. The van der Waals surface area contributed by atoms with Gasteiger partial charge in [0.15, 0.2) is 0 Å². The minimum atomic E-state index is 0.122. The smallest absolute Gasteiger partial charge is 0.223 e. The molecule has 122 valence electrons. The third kappa shape index (κ3) is 6.04. The Labute approximate surface area is 129 Å². The fourth-order valence-electron chi connectivity index (χ4n) is 2.85.